The fourth-order valence-corrected chi connectivity index (χ4v) is 9.65. The van der Waals surface area contributed by atoms with Crippen LogP contribution in [0.25, 0.3) is 6.08 Å². The molecule has 10 heteroatoms. The van der Waals surface area contributed by atoms with E-state index in [9.17, 15) is 14.7 Å². The zero-order valence-electron chi connectivity index (χ0n) is 35.5. The van der Waals surface area contributed by atoms with Gasteiger partial charge in [-0.3, -0.25) is 14.4 Å². The zero-order valence-corrected chi connectivity index (χ0v) is 35.5. The molecule has 308 valence electrons. The Morgan fingerprint density at radius 3 is 2.29 bits per heavy atom. The van der Waals surface area contributed by atoms with Gasteiger partial charge in [-0.25, -0.2) is 0 Å². The number of carbonyl (C=O) groups excluding carboxylic acids is 3. The number of amides is 1. The first-order valence-corrected chi connectivity index (χ1v) is 20.3. The lowest BCUT2D eigenvalue weighted by molar-refractivity contribution is -0.171. The highest BCUT2D eigenvalue weighted by molar-refractivity contribution is 6.19. The predicted octanol–water partition coefficient (Wildman–Crippen LogP) is 8.53. The van der Waals surface area contributed by atoms with Crippen molar-refractivity contribution in [3.63, 3.8) is 0 Å². The molecule has 3 heterocycles. The van der Waals surface area contributed by atoms with Crippen LogP contribution in [0.3, 0.4) is 0 Å². The normalized spacial score (nSPS) is 27.0. The highest BCUT2D eigenvalue weighted by Crippen LogP contribution is 2.68. The summed E-state index contributed by atoms with van der Waals surface area (Å²) in [5.74, 6) is -0.0155. The molecule has 1 spiro atoms. The molecule has 2 N–H and O–H groups in total. The van der Waals surface area contributed by atoms with Gasteiger partial charge in [-0.05, 0) is 117 Å². The molecule has 5 unspecified atom stereocenters. The van der Waals surface area contributed by atoms with Crippen molar-refractivity contribution < 1.29 is 43.2 Å². The van der Waals surface area contributed by atoms with Gasteiger partial charge in [0.25, 0.3) is 0 Å². The molecular formula is C48H57NO9. The van der Waals surface area contributed by atoms with E-state index in [4.69, 9.17) is 23.7 Å². The molecule has 2 aromatic carbocycles. The van der Waals surface area contributed by atoms with Crippen LogP contribution >= 0.6 is 0 Å². The number of Topliss-reactive ketones (excluding diaryl/α,β-unsaturated/α-hetero) is 2. The lowest BCUT2D eigenvalue weighted by Crippen LogP contribution is -2.72. The molecule has 0 radical (unpaired) electrons. The first kappa shape index (κ1) is 41.1. The third kappa shape index (κ3) is 6.67. The Balaban J connectivity index is 1.27. The van der Waals surface area contributed by atoms with Crippen LogP contribution in [0.1, 0.15) is 108 Å². The average molecular weight is 792 g/mol. The Kier molecular flexibility index (Phi) is 10.6. The highest BCUT2D eigenvalue weighted by atomic mass is 16.6. The minimum atomic E-state index is -1.61. The molecule has 0 aromatic heterocycles. The second-order valence-corrected chi connectivity index (χ2v) is 17.7. The van der Waals surface area contributed by atoms with E-state index < -0.39 is 28.3 Å². The molecule has 1 amide bonds. The number of hydrogen-bond donors (Lipinski definition) is 2. The quantitative estimate of drug-likeness (QED) is 0.152. The minimum absolute atomic E-state index is 0.0104. The van der Waals surface area contributed by atoms with Crippen molar-refractivity contribution >= 4 is 23.5 Å². The Morgan fingerprint density at radius 2 is 1.64 bits per heavy atom. The zero-order chi connectivity index (χ0) is 41.9. The van der Waals surface area contributed by atoms with Gasteiger partial charge in [-0.2, -0.15) is 0 Å². The Bertz CT molecular complexity index is 2210. The largest absolute Gasteiger partial charge is 0.506 e. The van der Waals surface area contributed by atoms with Gasteiger partial charge >= 0.3 is 0 Å². The molecule has 2 aromatic rings. The van der Waals surface area contributed by atoms with Crippen LogP contribution < -0.4 is 24.3 Å². The number of ether oxygens (including phenoxy) is 5. The van der Waals surface area contributed by atoms with E-state index in [0.717, 1.165) is 17.6 Å². The maximum atomic E-state index is 15.0. The summed E-state index contributed by atoms with van der Waals surface area (Å²) in [5.41, 5.74) is 0.415. The lowest BCUT2D eigenvalue weighted by Gasteiger charge is -2.56. The van der Waals surface area contributed by atoms with E-state index in [1.807, 2.05) is 58.9 Å². The standard InChI is InChI=1S/C48H57NO9/c1-27(2)12-11-18-46(8)19-16-34-39(50)38-40(51)36-24-31-25-37-45(6,7)58-47(43(31)52,48(36,37)57-42(38)35(41(34)56-46)14-13-28(3)4)20-15-29(5)44(53)49-21-17-30-22-32(54-9)26-33(23-30)55-10/h12-13,15-16,19,22-24,26,31,37,50H,11,14,17-18,20-21,25H2,1-10H3,(H,49,53). The second kappa shape index (κ2) is 14.9. The summed E-state index contributed by atoms with van der Waals surface area (Å²) in [7, 11) is 3.19. The van der Waals surface area contributed by atoms with Crippen LogP contribution in [0.4, 0.5) is 0 Å². The van der Waals surface area contributed by atoms with Crippen LogP contribution in [0.5, 0.6) is 28.7 Å². The number of phenolic OH excluding ortho intramolecular Hbond substituents is 1. The van der Waals surface area contributed by atoms with Crippen molar-refractivity contribution in [2.24, 2.45) is 11.8 Å². The number of hydrogen-bond acceptors (Lipinski definition) is 9. The number of allylic oxidation sites excluding steroid dienone is 5. The predicted molar refractivity (Wildman–Crippen MR) is 223 cm³/mol. The van der Waals surface area contributed by atoms with E-state index in [0.29, 0.717) is 71.7 Å². The fraction of sp³-hybridized carbons (Fsp3) is 0.479. The van der Waals surface area contributed by atoms with Gasteiger partial charge in [0.2, 0.25) is 5.91 Å². The number of nitrogens with one attached hydrogen (secondary N) is 1. The SMILES string of the molecule is COc1cc(CCNC(=O)C(C)=CCC23OC(C)(C)C4CC(C=C5C(=O)c6c(O)c7c(c(CC=C(C)C)c6OC542)OC(C)(CCC=C(C)C)C=C7)C3=O)cc(OC)c1. The first-order valence-electron chi connectivity index (χ1n) is 20.3. The van der Waals surface area contributed by atoms with Gasteiger partial charge in [0.15, 0.2) is 22.8 Å². The number of rotatable bonds is 13. The van der Waals surface area contributed by atoms with E-state index in [1.165, 1.54) is 5.57 Å². The van der Waals surface area contributed by atoms with Crippen molar-refractivity contribution in [2.75, 3.05) is 20.8 Å². The van der Waals surface area contributed by atoms with Gasteiger partial charge in [0.05, 0.1) is 25.4 Å². The van der Waals surface area contributed by atoms with E-state index in [1.54, 1.807) is 39.4 Å². The lowest BCUT2D eigenvalue weighted by atomic mass is 9.51. The monoisotopic (exact) mass is 791 g/mol. The number of aromatic hydroxyl groups is 1. The van der Waals surface area contributed by atoms with Crippen LogP contribution in [0.2, 0.25) is 0 Å². The number of ketones is 2. The highest BCUT2D eigenvalue weighted by Gasteiger charge is 2.81. The smallest absolute Gasteiger partial charge is 0.246 e. The summed E-state index contributed by atoms with van der Waals surface area (Å²) < 4.78 is 31.9. The van der Waals surface area contributed by atoms with Gasteiger partial charge in [-0.15, -0.1) is 0 Å². The van der Waals surface area contributed by atoms with Crippen LogP contribution in [0, 0.1) is 11.8 Å². The topological polar surface area (TPSA) is 130 Å². The Hall–Kier alpha value is -5.09. The number of fused-ring (bicyclic) bond motifs is 2. The molecule has 6 aliphatic rings. The van der Waals surface area contributed by atoms with Crippen molar-refractivity contribution in [3.8, 4) is 28.7 Å². The van der Waals surface area contributed by atoms with Crippen molar-refractivity contribution in [1.82, 2.24) is 5.32 Å². The van der Waals surface area contributed by atoms with Crippen LogP contribution in [0.15, 0.2) is 70.9 Å². The number of phenols is 1. The van der Waals surface area contributed by atoms with Gasteiger partial charge < -0.3 is 34.1 Å². The maximum absolute atomic E-state index is 15.0. The molecule has 3 aliphatic carbocycles. The second-order valence-electron chi connectivity index (χ2n) is 17.7. The van der Waals surface area contributed by atoms with E-state index in [-0.39, 0.29) is 46.9 Å². The molecule has 1 saturated heterocycles. The van der Waals surface area contributed by atoms with Crippen molar-refractivity contribution in [3.05, 3.63) is 93.1 Å². The van der Waals surface area contributed by atoms with Gasteiger partial charge in [0, 0.05) is 47.6 Å². The summed E-state index contributed by atoms with van der Waals surface area (Å²) in [4.78, 5) is 43.3. The maximum Gasteiger partial charge on any atom is 0.246 e. The third-order valence-corrected chi connectivity index (χ3v) is 12.6. The van der Waals surface area contributed by atoms with E-state index >= 15 is 4.79 Å². The number of benzene rings is 2. The summed E-state index contributed by atoms with van der Waals surface area (Å²) in [6.07, 6.45) is 14.4. The van der Waals surface area contributed by atoms with Gasteiger partial charge in [-0.1, -0.05) is 35.5 Å². The molecule has 5 atom stereocenters. The molecule has 10 nitrogen and oxygen atoms in total. The Labute approximate surface area is 342 Å². The molecule has 4 bridgehead atoms. The molecule has 2 fully saturated rings. The van der Waals surface area contributed by atoms with Crippen molar-refractivity contribution in [2.45, 2.75) is 116 Å². The number of methoxy groups -OCH3 is 2. The molecule has 8 rings (SSSR count). The summed E-state index contributed by atoms with van der Waals surface area (Å²) in [5, 5.41) is 15.0. The Morgan fingerprint density at radius 1 is 0.948 bits per heavy atom. The molecular weight excluding hydrogens is 735 g/mol. The average Bonchev–Trinajstić information content (AvgIpc) is 3.32. The van der Waals surface area contributed by atoms with Crippen molar-refractivity contribution in [1.29, 1.82) is 0 Å². The summed E-state index contributed by atoms with van der Waals surface area (Å²) >= 11 is 0. The minimum Gasteiger partial charge on any atom is -0.506 e. The summed E-state index contributed by atoms with van der Waals surface area (Å²) in [6.45, 7) is 16.1. The number of carbonyl (C=O) groups is 3. The first-order chi connectivity index (χ1) is 27.4. The fourth-order valence-electron chi connectivity index (χ4n) is 9.65. The third-order valence-electron chi connectivity index (χ3n) is 12.6. The molecule has 1 saturated carbocycles. The van der Waals surface area contributed by atoms with E-state index in [2.05, 4.69) is 31.3 Å². The van der Waals surface area contributed by atoms with Crippen LogP contribution in [-0.2, 0) is 27.2 Å². The van der Waals surface area contributed by atoms with Gasteiger partial charge in [0.1, 0.15) is 39.9 Å². The molecule has 3 aliphatic heterocycles. The molecule has 58 heavy (non-hydrogen) atoms. The van der Waals surface area contributed by atoms with Crippen LogP contribution in [-0.4, -0.2) is 65.7 Å². The summed E-state index contributed by atoms with van der Waals surface area (Å²) in [6, 6.07) is 5.60.